The molecule has 1 aliphatic heterocycles. The first-order chi connectivity index (χ1) is 8.88. The molecule has 2 heteroatoms. The fourth-order valence-electron chi connectivity index (χ4n) is 3.45. The molecule has 1 saturated heterocycles. The van der Waals surface area contributed by atoms with Gasteiger partial charge < -0.3 is 5.32 Å². The third-order valence-corrected chi connectivity index (χ3v) is 5.69. The van der Waals surface area contributed by atoms with Gasteiger partial charge >= 0.3 is 0 Å². The molecule has 3 rings (SSSR count). The highest BCUT2D eigenvalue weighted by Gasteiger charge is 2.32. The Labute approximate surface area is 115 Å². The van der Waals surface area contributed by atoms with Crippen molar-refractivity contribution in [2.75, 3.05) is 18.1 Å². The third kappa shape index (κ3) is 2.46. The molecule has 3 unspecified atom stereocenters. The van der Waals surface area contributed by atoms with E-state index in [0.29, 0.717) is 0 Å². The van der Waals surface area contributed by atoms with Crippen molar-refractivity contribution in [3.05, 3.63) is 35.4 Å². The van der Waals surface area contributed by atoms with Crippen molar-refractivity contribution in [3.63, 3.8) is 0 Å². The predicted molar refractivity (Wildman–Crippen MR) is 80.4 cm³/mol. The minimum atomic E-state index is 0.739. The van der Waals surface area contributed by atoms with Crippen LogP contribution in [0.5, 0.6) is 0 Å². The van der Waals surface area contributed by atoms with E-state index in [9.17, 15) is 0 Å². The Kier molecular flexibility index (Phi) is 3.95. The highest BCUT2D eigenvalue weighted by molar-refractivity contribution is 7.99. The highest BCUT2D eigenvalue weighted by Crippen LogP contribution is 2.40. The van der Waals surface area contributed by atoms with Crippen molar-refractivity contribution in [1.29, 1.82) is 0 Å². The van der Waals surface area contributed by atoms with Gasteiger partial charge in [0.05, 0.1) is 0 Å². The van der Waals surface area contributed by atoms with E-state index in [1.807, 2.05) is 0 Å². The molecule has 0 aromatic heterocycles. The molecular formula is C16H23NS. The topological polar surface area (TPSA) is 12.0 Å². The first-order valence-electron chi connectivity index (χ1n) is 7.27. The number of hydrogen-bond acceptors (Lipinski definition) is 2. The van der Waals surface area contributed by atoms with Crippen LogP contribution < -0.4 is 5.32 Å². The Morgan fingerprint density at radius 3 is 3.00 bits per heavy atom. The van der Waals surface area contributed by atoms with Crippen LogP contribution in [0.4, 0.5) is 0 Å². The average molecular weight is 261 g/mol. The van der Waals surface area contributed by atoms with Gasteiger partial charge in [-0.1, -0.05) is 31.2 Å². The van der Waals surface area contributed by atoms with E-state index in [1.165, 1.54) is 30.8 Å². The monoisotopic (exact) mass is 261 g/mol. The quantitative estimate of drug-likeness (QED) is 0.871. The number of benzene rings is 1. The van der Waals surface area contributed by atoms with Gasteiger partial charge in [-0.05, 0) is 60.3 Å². The van der Waals surface area contributed by atoms with Crippen molar-refractivity contribution >= 4 is 11.8 Å². The van der Waals surface area contributed by atoms with Crippen LogP contribution in [0.1, 0.15) is 36.8 Å². The van der Waals surface area contributed by atoms with Crippen LogP contribution in [0.25, 0.3) is 0 Å². The van der Waals surface area contributed by atoms with Crippen molar-refractivity contribution < 1.29 is 0 Å². The second-order valence-corrected chi connectivity index (χ2v) is 6.77. The summed E-state index contributed by atoms with van der Waals surface area (Å²) in [5.74, 6) is 4.46. The molecular weight excluding hydrogens is 238 g/mol. The Morgan fingerprint density at radius 1 is 1.39 bits per heavy atom. The Hall–Kier alpha value is -0.470. The van der Waals surface area contributed by atoms with Gasteiger partial charge in [-0.2, -0.15) is 11.8 Å². The first-order valence-corrected chi connectivity index (χ1v) is 8.43. The van der Waals surface area contributed by atoms with E-state index in [0.717, 1.165) is 24.4 Å². The van der Waals surface area contributed by atoms with Gasteiger partial charge in [0.15, 0.2) is 0 Å². The van der Waals surface area contributed by atoms with Gasteiger partial charge in [0.25, 0.3) is 0 Å². The fraction of sp³-hybridized carbons (Fsp3) is 0.625. The molecule has 0 spiro atoms. The second kappa shape index (κ2) is 5.66. The minimum Gasteiger partial charge on any atom is -0.314 e. The molecule has 0 saturated carbocycles. The van der Waals surface area contributed by atoms with Gasteiger partial charge in [-0.3, -0.25) is 0 Å². The molecule has 18 heavy (non-hydrogen) atoms. The summed E-state index contributed by atoms with van der Waals surface area (Å²) in [4.78, 5) is 0. The van der Waals surface area contributed by atoms with Crippen LogP contribution in [0.15, 0.2) is 24.3 Å². The van der Waals surface area contributed by atoms with Crippen molar-refractivity contribution in [3.8, 4) is 0 Å². The van der Waals surface area contributed by atoms with E-state index >= 15 is 0 Å². The summed E-state index contributed by atoms with van der Waals surface area (Å²) in [5, 5.41) is 3.74. The molecule has 1 aliphatic carbocycles. The zero-order valence-electron chi connectivity index (χ0n) is 11.2. The van der Waals surface area contributed by atoms with Crippen LogP contribution in [-0.2, 0) is 6.42 Å². The van der Waals surface area contributed by atoms with E-state index in [2.05, 4.69) is 48.3 Å². The summed E-state index contributed by atoms with van der Waals surface area (Å²) in [5.41, 5.74) is 3.20. The number of fused-ring (bicyclic) bond motifs is 1. The molecule has 3 atom stereocenters. The second-order valence-electron chi connectivity index (χ2n) is 5.62. The molecule has 0 radical (unpaired) electrons. The standard InChI is InChI=1S/C16H23NS/c1-2-17-16(13-7-8-18-11-13)10-14-9-12-5-3-4-6-15(12)14/h3-6,13-14,16-17H,2,7-11H2,1H3. The molecule has 0 amide bonds. The SMILES string of the molecule is CCNC(CC1Cc2ccccc21)C1CCSC1. The number of rotatable bonds is 5. The summed E-state index contributed by atoms with van der Waals surface area (Å²) in [6, 6.07) is 9.72. The molecule has 1 nitrogen and oxygen atoms in total. The Balaban J connectivity index is 1.63. The maximum absolute atomic E-state index is 3.74. The van der Waals surface area contributed by atoms with Crippen molar-refractivity contribution in [2.45, 2.75) is 38.1 Å². The van der Waals surface area contributed by atoms with E-state index in [4.69, 9.17) is 0 Å². The molecule has 1 fully saturated rings. The maximum atomic E-state index is 3.74. The maximum Gasteiger partial charge on any atom is 0.0109 e. The molecule has 98 valence electrons. The average Bonchev–Trinajstić information content (AvgIpc) is 2.88. The zero-order chi connectivity index (χ0) is 12.4. The summed E-state index contributed by atoms with van der Waals surface area (Å²) in [6.07, 6.45) is 4.06. The van der Waals surface area contributed by atoms with Gasteiger partial charge in [0.1, 0.15) is 0 Å². The summed E-state index contributed by atoms with van der Waals surface area (Å²) < 4.78 is 0. The lowest BCUT2D eigenvalue weighted by molar-refractivity contribution is 0.334. The molecule has 1 aromatic carbocycles. The lowest BCUT2D eigenvalue weighted by atomic mass is 9.73. The summed E-state index contributed by atoms with van der Waals surface area (Å²) >= 11 is 2.13. The number of hydrogen-bond donors (Lipinski definition) is 1. The highest BCUT2D eigenvalue weighted by atomic mass is 32.2. The lowest BCUT2D eigenvalue weighted by Crippen LogP contribution is -2.39. The van der Waals surface area contributed by atoms with E-state index in [1.54, 1.807) is 11.1 Å². The van der Waals surface area contributed by atoms with Gasteiger partial charge in [-0.25, -0.2) is 0 Å². The number of nitrogens with one attached hydrogen (secondary N) is 1. The van der Waals surface area contributed by atoms with Gasteiger partial charge in [0, 0.05) is 6.04 Å². The Bertz CT molecular complexity index is 398. The van der Waals surface area contributed by atoms with Gasteiger partial charge in [0.2, 0.25) is 0 Å². The van der Waals surface area contributed by atoms with E-state index in [-0.39, 0.29) is 0 Å². The van der Waals surface area contributed by atoms with Gasteiger partial charge in [-0.15, -0.1) is 0 Å². The van der Waals surface area contributed by atoms with E-state index < -0.39 is 0 Å². The van der Waals surface area contributed by atoms with Crippen LogP contribution in [-0.4, -0.2) is 24.1 Å². The molecule has 0 bridgehead atoms. The molecule has 2 aliphatic rings. The van der Waals surface area contributed by atoms with Crippen molar-refractivity contribution in [1.82, 2.24) is 5.32 Å². The van der Waals surface area contributed by atoms with Crippen molar-refractivity contribution in [2.24, 2.45) is 5.92 Å². The predicted octanol–water partition coefficient (Wildman–Crippen LogP) is 3.45. The van der Waals surface area contributed by atoms with Crippen LogP contribution in [0.3, 0.4) is 0 Å². The summed E-state index contributed by atoms with van der Waals surface area (Å²) in [7, 11) is 0. The third-order valence-electron chi connectivity index (χ3n) is 4.50. The molecule has 1 heterocycles. The first kappa shape index (κ1) is 12.6. The van der Waals surface area contributed by atoms with Crippen LogP contribution in [0, 0.1) is 5.92 Å². The lowest BCUT2D eigenvalue weighted by Gasteiger charge is -2.35. The largest absolute Gasteiger partial charge is 0.314 e. The van der Waals surface area contributed by atoms with Crippen LogP contribution in [0.2, 0.25) is 0 Å². The molecule has 1 aromatic rings. The summed E-state index contributed by atoms with van der Waals surface area (Å²) in [6.45, 7) is 3.35. The zero-order valence-corrected chi connectivity index (χ0v) is 12.0. The molecule has 1 N–H and O–H groups in total. The van der Waals surface area contributed by atoms with Crippen LogP contribution >= 0.6 is 11.8 Å². The fourth-order valence-corrected chi connectivity index (χ4v) is 4.79. The normalized spacial score (nSPS) is 27.6. The number of thioether (sulfide) groups is 1. The smallest absolute Gasteiger partial charge is 0.0109 e. The minimum absolute atomic E-state index is 0.739. The Morgan fingerprint density at radius 2 is 2.28 bits per heavy atom.